The quantitative estimate of drug-likeness (QED) is 0.0502. The van der Waals surface area contributed by atoms with Crippen LogP contribution in [0.5, 0.6) is 0 Å². The van der Waals surface area contributed by atoms with Crippen LogP contribution in [0.4, 0.5) is 11.4 Å². The Bertz CT molecular complexity index is 2810. The summed E-state index contributed by atoms with van der Waals surface area (Å²) in [6.45, 7) is 11.2. The second kappa shape index (κ2) is 21.9. The number of aryl methyl sites for hydroxylation is 4. The summed E-state index contributed by atoms with van der Waals surface area (Å²) in [6.07, 6.45) is 9.43. The Labute approximate surface area is 405 Å². The molecule has 3 N–H and O–H groups in total. The molecule has 3 aliphatic rings. The molecule has 15 nitrogen and oxygen atoms in total. The van der Waals surface area contributed by atoms with Gasteiger partial charge in [-0.3, -0.25) is 43.8 Å². The summed E-state index contributed by atoms with van der Waals surface area (Å²) in [5.74, 6) is -0.926. The summed E-state index contributed by atoms with van der Waals surface area (Å²) in [6, 6.07) is 24.0. The van der Waals surface area contributed by atoms with Gasteiger partial charge in [0.25, 0.3) is 21.8 Å². The van der Waals surface area contributed by atoms with E-state index in [0.717, 1.165) is 124 Å². The van der Waals surface area contributed by atoms with Crippen LogP contribution < -0.4 is 20.3 Å². The normalized spacial score (nSPS) is 16.6. The number of carbonyl (C=O) groups excluding carboxylic acids is 5. The summed E-state index contributed by atoms with van der Waals surface area (Å²) in [5, 5.41) is 5.34. The molecule has 0 bridgehead atoms. The molecule has 8 rings (SSSR count). The monoisotopic (exact) mass is 956 g/mol. The Kier molecular flexibility index (Phi) is 15.6. The molecule has 69 heavy (non-hydrogen) atoms. The van der Waals surface area contributed by atoms with E-state index in [1.165, 1.54) is 5.56 Å². The van der Waals surface area contributed by atoms with E-state index in [2.05, 4.69) is 41.9 Å². The second-order valence-electron chi connectivity index (χ2n) is 18.8. The lowest BCUT2D eigenvalue weighted by molar-refractivity contribution is -0.136. The van der Waals surface area contributed by atoms with Crippen molar-refractivity contribution in [2.24, 2.45) is 0 Å². The van der Waals surface area contributed by atoms with Crippen LogP contribution >= 0.6 is 0 Å². The van der Waals surface area contributed by atoms with E-state index in [1.54, 1.807) is 12.1 Å². The topological polar surface area (TPSA) is 183 Å². The summed E-state index contributed by atoms with van der Waals surface area (Å²) in [4.78, 5) is 74.0. The third-order valence-electron chi connectivity index (χ3n) is 13.6. The van der Waals surface area contributed by atoms with E-state index in [-0.39, 0.29) is 24.3 Å². The average molecular weight is 957 g/mol. The predicted molar refractivity (Wildman–Crippen MR) is 267 cm³/mol. The Morgan fingerprint density at radius 3 is 2.23 bits per heavy atom. The second-order valence-corrected chi connectivity index (χ2v) is 20.4. The van der Waals surface area contributed by atoms with Gasteiger partial charge in [0.05, 0.1) is 32.7 Å². The van der Waals surface area contributed by atoms with Gasteiger partial charge in [0.15, 0.2) is 0 Å². The third kappa shape index (κ3) is 11.7. The van der Waals surface area contributed by atoms with Gasteiger partial charge in [-0.05, 0) is 113 Å². The van der Waals surface area contributed by atoms with Crippen molar-refractivity contribution in [3.8, 4) is 0 Å². The number of carbonyl (C=O) groups is 5. The number of amides is 5. The maximum Gasteiger partial charge on any atom is 0.262 e. The number of imide groups is 2. The first-order chi connectivity index (χ1) is 33.3. The van der Waals surface area contributed by atoms with E-state index in [9.17, 15) is 32.4 Å². The van der Waals surface area contributed by atoms with Crippen LogP contribution in [0, 0.1) is 20.8 Å². The molecule has 4 heterocycles. The molecule has 2 saturated heterocycles. The number of nitrogens with zero attached hydrogens (tertiary/aromatic N) is 5. The molecule has 0 radical (unpaired) electrons. The molecule has 5 amide bonds. The number of hydrogen-bond acceptors (Lipinski definition) is 10. The molecule has 364 valence electrons. The number of sulfonamides is 1. The van der Waals surface area contributed by atoms with Gasteiger partial charge >= 0.3 is 0 Å². The number of benzene rings is 4. The van der Waals surface area contributed by atoms with E-state index in [1.807, 2.05) is 75.4 Å². The van der Waals surface area contributed by atoms with Crippen molar-refractivity contribution < 1.29 is 32.4 Å². The molecular formula is C53H64N8O7S. The van der Waals surface area contributed by atoms with Crippen LogP contribution in [-0.2, 0) is 37.4 Å². The minimum Gasteiger partial charge on any atom is -0.369 e. The highest BCUT2D eigenvalue weighted by Gasteiger charge is 2.45. The highest BCUT2D eigenvalue weighted by atomic mass is 32.2. The van der Waals surface area contributed by atoms with Crippen LogP contribution in [0.1, 0.15) is 119 Å². The summed E-state index contributed by atoms with van der Waals surface area (Å²) in [7, 11) is -3.80. The largest absolute Gasteiger partial charge is 0.369 e. The molecule has 4 aromatic carbocycles. The van der Waals surface area contributed by atoms with Gasteiger partial charge in [0.1, 0.15) is 11.9 Å². The zero-order chi connectivity index (χ0) is 48.7. The molecule has 16 heteroatoms. The smallest absolute Gasteiger partial charge is 0.262 e. The maximum atomic E-state index is 13.5. The van der Waals surface area contributed by atoms with Crippen LogP contribution in [0.25, 0.3) is 11.0 Å². The number of piperazine rings is 1. The van der Waals surface area contributed by atoms with Gasteiger partial charge < -0.3 is 14.8 Å². The number of hydrogen-bond donors (Lipinski definition) is 3. The zero-order valence-electron chi connectivity index (χ0n) is 40.0. The lowest BCUT2D eigenvalue weighted by Crippen LogP contribution is -2.54. The predicted octanol–water partition coefficient (Wildman–Crippen LogP) is 7.20. The first kappa shape index (κ1) is 49.0. The molecule has 1 aromatic heterocycles. The minimum atomic E-state index is -3.80. The van der Waals surface area contributed by atoms with Crippen LogP contribution in [-0.4, -0.2) is 103 Å². The van der Waals surface area contributed by atoms with Crippen molar-refractivity contribution in [3.63, 3.8) is 0 Å². The number of unbranched alkanes of at least 4 members (excludes halogenated alkanes) is 6. The SMILES string of the molecule is Cc1cc(C)c(S(=O)(=O)Nc2ccc3c(c2)nc(CCCCCCCNC(=O)CCCCCN2CCN(c4ccc5c(c4)C(=O)N(C4CCC(=O)NC4=O)C5=O)CC2)n3Cc2ccccc2)c(C)c1. The Hall–Kier alpha value is -6.39. The van der Waals surface area contributed by atoms with Crippen molar-refractivity contribution in [1.29, 1.82) is 0 Å². The summed E-state index contributed by atoms with van der Waals surface area (Å²) in [5.41, 5.74) is 7.26. The standard InChI is InChI=1S/C53H64N8O7S/c1-36-31-37(2)50(38(3)32-36)69(67,68)57-40-19-22-45-44(33-40)55-47(60(45)35-39-15-9-7-10-16-39)17-11-5-4-6-13-25-54-48(62)18-12-8-14-26-58-27-29-59(30-28-58)41-20-21-42-43(34-41)53(66)61(52(42)65)46-23-24-49(63)56-51(46)64/h7,9-10,15-16,19-22,31-34,46,57H,4-6,8,11-14,17-18,23-30,35H2,1-3H3,(H,54,62)(H,56,63,64). The fraction of sp³-hybridized carbons (Fsp3) is 0.434. The van der Waals surface area contributed by atoms with Crippen LogP contribution in [0.3, 0.4) is 0 Å². The number of piperidine rings is 1. The molecule has 1 atom stereocenters. The number of nitrogens with one attached hydrogen (secondary N) is 3. The molecule has 0 aliphatic carbocycles. The molecule has 2 fully saturated rings. The highest BCUT2D eigenvalue weighted by Crippen LogP contribution is 2.32. The minimum absolute atomic E-state index is 0.0858. The fourth-order valence-electron chi connectivity index (χ4n) is 10.1. The van der Waals surface area contributed by atoms with Gasteiger partial charge in [-0.1, -0.05) is 73.7 Å². The van der Waals surface area contributed by atoms with Gasteiger partial charge in [-0.15, -0.1) is 0 Å². The van der Waals surface area contributed by atoms with Crippen molar-refractivity contribution in [2.45, 2.75) is 115 Å². The van der Waals surface area contributed by atoms with E-state index >= 15 is 0 Å². The number of fused-ring (bicyclic) bond motifs is 2. The van der Waals surface area contributed by atoms with Crippen molar-refractivity contribution in [3.05, 3.63) is 118 Å². The first-order valence-electron chi connectivity index (χ1n) is 24.5. The van der Waals surface area contributed by atoms with Gasteiger partial charge in [-0.2, -0.15) is 0 Å². The van der Waals surface area contributed by atoms with Crippen LogP contribution in [0.15, 0.2) is 83.8 Å². The van der Waals surface area contributed by atoms with Gasteiger partial charge in [0.2, 0.25) is 17.7 Å². The molecular weight excluding hydrogens is 893 g/mol. The van der Waals surface area contributed by atoms with E-state index in [0.29, 0.717) is 46.8 Å². The van der Waals surface area contributed by atoms with Crippen molar-refractivity contribution >= 4 is 62.0 Å². The molecule has 0 spiro atoms. The Balaban J connectivity index is 0.708. The number of aromatic nitrogens is 2. The van der Waals surface area contributed by atoms with E-state index < -0.39 is 39.7 Å². The average Bonchev–Trinajstić information content (AvgIpc) is 3.77. The lowest BCUT2D eigenvalue weighted by Gasteiger charge is -2.36. The van der Waals surface area contributed by atoms with Gasteiger partial charge in [0, 0.05) is 64.2 Å². The molecule has 0 saturated carbocycles. The first-order valence-corrected chi connectivity index (χ1v) is 26.0. The van der Waals surface area contributed by atoms with Crippen molar-refractivity contribution in [1.82, 2.24) is 30.0 Å². The van der Waals surface area contributed by atoms with Crippen LogP contribution in [0.2, 0.25) is 0 Å². The number of imidazole rings is 1. The third-order valence-corrected chi connectivity index (χ3v) is 15.3. The maximum absolute atomic E-state index is 13.5. The van der Waals surface area contributed by atoms with Gasteiger partial charge in [-0.25, -0.2) is 13.4 Å². The Morgan fingerprint density at radius 2 is 1.48 bits per heavy atom. The Morgan fingerprint density at radius 1 is 0.768 bits per heavy atom. The lowest BCUT2D eigenvalue weighted by atomic mass is 10.0. The zero-order valence-corrected chi connectivity index (χ0v) is 40.8. The molecule has 5 aromatic rings. The van der Waals surface area contributed by atoms with Crippen molar-refractivity contribution in [2.75, 3.05) is 48.9 Å². The number of anilines is 2. The highest BCUT2D eigenvalue weighted by molar-refractivity contribution is 7.92. The summed E-state index contributed by atoms with van der Waals surface area (Å²) < 4.78 is 32.1. The summed E-state index contributed by atoms with van der Waals surface area (Å²) >= 11 is 0. The number of rotatable bonds is 21. The molecule has 1 unspecified atom stereocenters. The fourth-order valence-corrected chi connectivity index (χ4v) is 11.6. The van der Waals surface area contributed by atoms with E-state index in [4.69, 9.17) is 4.98 Å². The molecule has 3 aliphatic heterocycles.